The van der Waals surface area contributed by atoms with Crippen molar-refractivity contribution in [3.8, 4) is 5.75 Å². The monoisotopic (exact) mass is 432 g/mol. The predicted octanol–water partition coefficient (Wildman–Crippen LogP) is 4.82. The molecule has 0 bridgehead atoms. The average Bonchev–Trinajstić information content (AvgIpc) is 3.17. The van der Waals surface area contributed by atoms with Crippen molar-refractivity contribution in [1.29, 1.82) is 0 Å². The Bertz CT molecular complexity index is 1340. The lowest BCUT2D eigenvalue weighted by atomic mass is 9.94. The van der Waals surface area contributed by atoms with Crippen LogP contribution in [0, 0.1) is 6.92 Å². The molecular formula is C25H24N2O3S. The van der Waals surface area contributed by atoms with E-state index in [1.165, 1.54) is 5.56 Å². The van der Waals surface area contributed by atoms with Crippen molar-refractivity contribution < 1.29 is 13.2 Å². The van der Waals surface area contributed by atoms with Crippen molar-refractivity contribution in [3.63, 3.8) is 0 Å². The first-order valence-electron chi connectivity index (χ1n) is 10.3. The minimum Gasteiger partial charge on any atom is -0.497 e. The highest BCUT2D eigenvalue weighted by Crippen LogP contribution is 2.41. The van der Waals surface area contributed by atoms with Gasteiger partial charge in [-0.25, -0.2) is 8.42 Å². The van der Waals surface area contributed by atoms with Gasteiger partial charge < -0.3 is 9.72 Å². The van der Waals surface area contributed by atoms with E-state index in [1.807, 2.05) is 61.5 Å². The maximum atomic E-state index is 13.7. The number of nitrogens with zero attached hydrogens (tertiary/aromatic N) is 1. The van der Waals surface area contributed by atoms with Crippen molar-refractivity contribution in [1.82, 2.24) is 9.29 Å². The minimum atomic E-state index is -3.69. The van der Waals surface area contributed by atoms with Gasteiger partial charge in [0, 0.05) is 23.1 Å². The lowest BCUT2D eigenvalue weighted by Crippen LogP contribution is -2.40. The molecule has 0 saturated carbocycles. The molecule has 31 heavy (non-hydrogen) atoms. The number of aromatic nitrogens is 1. The number of fused-ring (bicyclic) bond motifs is 3. The fourth-order valence-corrected chi connectivity index (χ4v) is 6.03. The molecule has 5 nitrogen and oxygen atoms in total. The lowest BCUT2D eigenvalue weighted by Gasteiger charge is -2.35. The van der Waals surface area contributed by atoms with Gasteiger partial charge in [0.1, 0.15) is 5.75 Å². The van der Waals surface area contributed by atoms with Gasteiger partial charge in [-0.15, -0.1) is 0 Å². The van der Waals surface area contributed by atoms with Crippen LogP contribution in [0.1, 0.15) is 28.4 Å². The van der Waals surface area contributed by atoms with E-state index < -0.39 is 16.1 Å². The van der Waals surface area contributed by atoms with Crippen molar-refractivity contribution in [2.75, 3.05) is 13.7 Å². The topological polar surface area (TPSA) is 62.4 Å². The number of rotatable bonds is 4. The Hall–Kier alpha value is -3.09. The van der Waals surface area contributed by atoms with Crippen molar-refractivity contribution in [2.45, 2.75) is 24.3 Å². The van der Waals surface area contributed by atoms with Gasteiger partial charge in [-0.2, -0.15) is 4.31 Å². The zero-order chi connectivity index (χ0) is 21.6. The molecule has 0 aliphatic carbocycles. The molecule has 3 aromatic carbocycles. The third kappa shape index (κ3) is 3.32. The fourth-order valence-electron chi connectivity index (χ4n) is 4.44. The van der Waals surface area contributed by atoms with Gasteiger partial charge >= 0.3 is 0 Å². The number of hydrogen-bond acceptors (Lipinski definition) is 3. The van der Waals surface area contributed by atoms with Crippen LogP contribution in [0.5, 0.6) is 5.75 Å². The summed E-state index contributed by atoms with van der Waals surface area (Å²) in [5.41, 5.74) is 5.09. The van der Waals surface area contributed by atoms with Crippen molar-refractivity contribution >= 4 is 20.9 Å². The van der Waals surface area contributed by atoms with E-state index >= 15 is 0 Å². The number of aryl methyl sites for hydroxylation is 1. The number of benzene rings is 3. The molecule has 1 aliphatic heterocycles. The molecule has 1 aromatic heterocycles. The Balaban J connectivity index is 1.69. The van der Waals surface area contributed by atoms with Crippen LogP contribution in [0.4, 0.5) is 0 Å². The summed E-state index contributed by atoms with van der Waals surface area (Å²) >= 11 is 0. The largest absolute Gasteiger partial charge is 0.497 e. The van der Waals surface area contributed by atoms with Gasteiger partial charge in [0.15, 0.2) is 0 Å². The molecule has 0 spiro atoms. The Kier molecular flexibility index (Phi) is 4.84. The number of ether oxygens (including phenoxy) is 1. The first-order valence-corrected chi connectivity index (χ1v) is 11.7. The molecule has 2 heterocycles. The van der Waals surface area contributed by atoms with Crippen molar-refractivity contribution in [3.05, 3.63) is 95.2 Å². The summed E-state index contributed by atoms with van der Waals surface area (Å²) in [4.78, 5) is 3.83. The summed E-state index contributed by atoms with van der Waals surface area (Å²) in [5, 5.41) is 1.16. The second-order valence-electron chi connectivity index (χ2n) is 7.92. The Labute approximate surface area is 182 Å². The second kappa shape index (κ2) is 7.55. The van der Waals surface area contributed by atoms with Crippen LogP contribution in [0.3, 0.4) is 0 Å². The molecule has 0 saturated heterocycles. The fraction of sp³-hybridized carbons (Fsp3) is 0.200. The van der Waals surface area contributed by atoms with Gasteiger partial charge in [0.25, 0.3) is 0 Å². The van der Waals surface area contributed by atoms with Crippen LogP contribution in [0.25, 0.3) is 10.9 Å². The first kappa shape index (κ1) is 19.8. The lowest BCUT2D eigenvalue weighted by molar-refractivity contribution is 0.340. The summed E-state index contributed by atoms with van der Waals surface area (Å²) in [6, 6.07) is 22.4. The molecule has 5 rings (SSSR count). The standard InChI is InChI=1S/C25H24N2O3S/c1-17-7-13-20(14-8-17)31(28,29)27-16-15-22-21-5-3-4-6-23(21)26-24(22)25(27)18-9-11-19(30-2)12-10-18/h3-14,25-26H,15-16H2,1-2H3/t25-/m0/s1. The molecule has 1 aliphatic rings. The number of hydrogen-bond donors (Lipinski definition) is 1. The zero-order valence-corrected chi connectivity index (χ0v) is 18.3. The molecule has 1 N–H and O–H groups in total. The quantitative estimate of drug-likeness (QED) is 0.503. The molecule has 1 atom stereocenters. The van der Waals surface area contributed by atoms with Crippen LogP contribution in [0.15, 0.2) is 77.7 Å². The zero-order valence-electron chi connectivity index (χ0n) is 17.5. The highest BCUT2D eigenvalue weighted by Gasteiger charge is 2.39. The van der Waals surface area contributed by atoms with Gasteiger partial charge in [0.2, 0.25) is 10.0 Å². The summed E-state index contributed by atoms with van der Waals surface area (Å²) in [6.07, 6.45) is 0.664. The third-order valence-electron chi connectivity index (χ3n) is 6.05. The highest BCUT2D eigenvalue weighted by atomic mass is 32.2. The Morgan fingerprint density at radius 1 is 0.968 bits per heavy atom. The normalized spacial score (nSPS) is 16.9. The summed E-state index contributed by atoms with van der Waals surface area (Å²) in [6.45, 7) is 2.37. The first-order chi connectivity index (χ1) is 15.0. The Morgan fingerprint density at radius 2 is 1.68 bits per heavy atom. The highest BCUT2D eigenvalue weighted by molar-refractivity contribution is 7.89. The molecule has 158 valence electrons. The number of methoxy groups -OCH3 is 1. The smallest absolute Gasteiger partial charge is 0.244 e. The van der Waals surface area contributed by atoms with E-state index in [1.54, 1.807) is 23.5 Å². The summed E-state index contributed by atoms with van der Waals surface area (Å²) in [5.74, 6) is 0.740. The second-order valence-corrected chi connectivity index (χ2v) is 9.81. The molecule has 0 unspecified atom stereocenters. The molecule has 4 aromatic rings. The van der Waals surface area contributed by atoms with Crippen LogP contribution in [-0.4, -0.2) is 31.4 Å². The summed E-state index contributed by atoms with van der Waals surface area (Å²) in [7, 11) is -2.07. The average molecular weight is 433 g/mol. The van der Waals surface area contributed by atoms with E-state index in [0.29, 0.717) is 17.9 Å². The predicted molar refractivity (Wildman–Crippen MR) is 122 cm³/mol. The number of sulfonamides is 1. The maximum Gasteiger partial charge on any atom is 0.244 e. The number of para-hydroxylation sites is 1. The summed E-state index contributed by atoms with van der Waals surface area (Å²) < 4.78 is 34.4. The van der Waals surface area contributed by atoms with Crippen LogP contribution >= 0.6 is 0 Å². The maximum absolute atomic E-state index is 13.7. The molecule has 6 heteroatoms. The SMILES string of the molecule is COc1ccc([C@H]2c3[nH]c4ccccc4c3CCN2S(=O)(=O)c2ccc(C)cc2)cc1. The van der Waals surface area contributed by atoms with Crippen LogP contribution in [-0.2, 0) is 16.4 Å². The molecular weight excluding hydrogens is 408 g/mol. The van der Waals surface area contributed by atoms with Gasteiger partial charge in [-0.1, -0.05) is 48.0 Å². The Morgan fingerprint density at radius 3 is 2.39 bits per heavy atom. The van der Waals surface area contributed by atoms with Crippen LogP contribution in [0.2, 0.25) is 0 Å². The number of nitrogens with one attached hydrogen (secondary N) is 1. The van der Waals surface area contributed by atoms with E-state index in [4.69, 9.17) is 4.74 Å². The van der Waals surface area contributed by atoms with E-state index in [0.717, 1.165) is 33.5 Å². The van der Waals surface area contributed by atoms with Gasteiger partial charge in [-0.05, 0) is 54.8 Å². The van der Waals surface area contributed by atoms with Crippen molar-refractivity contribution in [2.24, 2.45) is 0 Å². The van der Waals surface area contributed by atoms with E-state index in [-0.39, 0.29) is 0 Å². The van der Waals surface area contributed by atoms with Gasteiger partial charge in [0.05, 0.1) is 18.0 Å². The molecule has 0 amide bonds. The van der Waals surface area contributed by atoms with Gasteiger partial charge in [-0.3, -0.25) is 0 Å². The third-order valence-corrected chi connectivity index (χ3v) is 7.93. The van der Waals surface area contributed by atoms with E-state index in [9.17, 15) is 8.42 Å². The minimum absolute atomic E-state index is 0.316. The van der Waals surface area contributed by atoms with Crippen LogP contribution < -0.4 is 4.74 Å². The molecule has 0 fully saturated rings. The number of aromatic amines is 1. The number of H-pyrrole nitrogens is 1. The molecule has 0 radical (unpaired) electrons. The van der Waals surface area contributed by atoms with E-state index in [2.05, 4.69) is 11.1 Å².